The fourth-order valence-corrected chi connectivity index (χ4v) is 6.88. The number of hydrogen-bond donors (Lipinski definition) is 2. The van der Waals surface area contributed by atoms with Gasteiger partial charge in [0.25, 0.3) is 5.56 Å². The van der Waals surface area contributed by atoms with Crippen molar-refractivity contribution in [1.29, 1.82) is 0 Å². The molecule has 4 aromatic rings. The predicted molar refractivity (Wildman–Crippen MR) is 175 cm³/mol. The smallest absolute Gasteiger partial charge is 0.419 e. The van der Waals surface area contributed by atoms with Gasteiger partial charge in [0.05, 0.1) is 23.6 Å². The van der Waals surface area contributed by atoms with Crippen LogP contribution in [-0.4, -0.2) is 52.3 Å². The Kier molecular flexibility index (Phi) is 10.1. The molecule has 53 heavy (non-hydrogen) atoms. The summed E-state index contributed by atoms with van der Waals surface area (Å²) in [6, 6.07) is 5.89. The largest absolute Gasteiger partial charge is 0.481 e. The molecule has 0 spiro atoms. The number of carboxylic acids is 1. The number of aromatic nitrogens is 1. The molecule has 3 aromatic carbocycles. The molecule has 4 bridgehead atoms. The molecule has 0 radical (unpaired) electrons. The number of alkyl halides is 7. The standard InChI is InChI=1S/C36H28ClF8N3O5/c1-17-7-21(37)11-28-31(17)20-9-24(32(39)26(10-20)36(43,44)45)27(13-30(50)51)46-34(52)33(18-3-2-4-23(8-18)53-28)48-14-19(5-6-47-15-22(38)16-47)25(12-29(48)49)35(40,41)42/h2-4,7-12,14,22,27,33H,5-6,13,15-16H2,1H3,(H,46,52)(H,50,51)/t27-,33+/m1/s1. The molecule has 8 nitrogen and oxygen atoms in total. The van der Waals surface area contributed by atoms with Crippen LogP contribution in [0, 0.1) is 12.7 Å². The molecule has 6 rings (SSSR count). The molecule has 1 saturated heterocycles. The quantitative estimate of drug-likeness (QED) is 0.194. The third kappa shape index (κ3) is 7.88. The first-order chi connectivity index (χ1) is 24.8. The first-order valence-electron chi connectivity index (χ1n) is 16.0. The number of pyridine rings is 1. The van der Waals surface area contributed by atoms with Crippen LogP contribution in [0.1, 0.15) is 51.9 Å². The first-order valence-corrected chi connectivity index (χ1v) is 16.4. The summed E-state index contributed by atoms with van der Waals surface area (Å²) in [5.74, 6) is -4.96. The number of nitrogens with one attached hydrogen (secondary N) is 1. The van der Waals surface area contributed by atoms with Crippen molar-refractivity contribution in [3.63, 3.8) is 0 Å². The van der Waals surface area contributed by atoms with E-state index in [4.69, 9.17) is 16.3 Å². The summed E-state index contributed by atoms with van der Waals surface area (Å²) in [4.78, 5) is 41.4. The monoisotopic (exact) mass is 769 g/mol. The lowest BCUT2D eigenvalue weighted by atomic mass is 9.91. The van der Waals surface area contributed by atoms with Gasteiger partial charge in [-0.15, -0.1) is 0 Å². The van der Waals surface area contributed by atoms with Gasteiger partial charge in [-0.3, -0.25) is 23.9 Å². The molecule has 3 heterocycles. The van der Waals surface area contributed by atoms with Gasteiger partial charge in [0.1, 0.15) is 29.5 Å². The van der Waals surface area contributed by atoms with Crippen LogP contribution in [0.25, 0.3) is 11.1 Å². The normalized spacial score (nSPS) is 18.1. The van der Waals surface area contributed by atoms with E-state index in [0.29, 0.717) is 10.6 Å². The van der Waals surface area contributed by atoms with Crippen molar-refractivity contribution in [2.45, 2.75) is 50.4 Å². The summed E-state index contributed by atoms with van der Waals surface area (Å²) in [6.07, 6.45) is -12.1. The number of benzene rings is 3. The Morgan fingerprint density at radius 1 is 1.00 bits per heavy atom. The predicted octanol–water partition coefficient (Wildman–Crippen LogP) is 7.88. The SMILES string of the molecule is Cc1cc(Cl)cc2c1-c1cc(c(F)c(C(F)(F)F)c1)[C@@H](CC(=O)O)NC(=O)[C@@H](n1cc(CCN3CC(F)C3)c(C(F)(F)F)cc1=O)c1cccc(c1)O2. The van der Waals surface area contributed by atoms with Gasteiger partial charge in [0.2, 0.25) is 5.91 Å². The van der Waals surface area contributed by atoms with Gasteiger partial charge in [0, 0.05) is 54.1 Å². The van der Waals surface area contributed by atoms with Gasteiger partial charge in [-0.2, -0.15) is 26.3 Å². The number of ether oxygens (including phenoxy) is 1. The molecular formula is C36H28ClF8N3O5. The van der Waals surface area contributed by atoms with E-state index in [-0.39, 0.29) is 70.9 Å². The van der Waals surface area contributed by atoms with Crippen LogP contribution in [0.15, 0.2) is 65.6 Å². The van der Waals surface area contributed by atoms with Gasteiger partial charge < -0.3 is 15.2 Å². The fourth-order valence-electron chi connectivity index (χ4n) is 6.62. The van der Waals surface area contributed by atoms with E-state index in [1.165, 1.54) is 43.3 Å². The summed E-state index contributed by atoms with van der Waals surface area (Å²) in [5.41, 5.74) is -5.76. The molecule has 2 N–H and O–H groups in total. The second-order valence-corrected chi connectivity index (χ2v) is 13.3. The number of carboxylic acid groups (broad SMARTS) is 1. The van der Waals surface area contributed by atoms with E-state index in [9.17, 15) is 50.2 Å². The lowest BCUT2D eigenvalue weighted by Crippen LogP contribution is -2.49. The minimum atomic E-state index is -5.30. The summed E-state index contributed by atoms with van der Waals surface area (Å²) in [6.45, 7) is 1.45. The molecule has 280 valence electrons. The molecule has 0 unspecified atom stereocenters. The van der Waals surface area contributed by atoms with Gasteiger partial charge >= 0.3 is 18.3 Å². The number of fused-ring (bicyclic) bond motifs is 6. The van der Waals surface area contributed by atoms with E-state index >= 15 is 4.39 Å². The highest BCUT2D eigenvalue weighted by molar-refractivity contribution is 6.31. The lowest BCUT2D eigenvalue weighted by molar-refractivity contribution is -0.140. The van der Waals surface area contributed by atoms with Crippen molar-refractivity contribution in [3.05, 3.63) is 115 Å². The van der Waals surface area contributed by atoms with Gasteiger partial charge in [0.15, 0.2) is 0 Å². The molecule has 0 aliphatic carbocycles. The Hall–Kier alpha value is -4.96. The van der Waals surface area contributed by atoms with Crippen LogP contribution in [0.5, 0.6) is 11.5 Å². The number of likely N-dealkylation sites (tertiary alicyclic amines) is 1. The molecule has 2 aliphatic rings. The number of halogens is 9. The average Bonchev–Trinajstić information content (AvgIpc) is 3.02. The summed E-state index contributed by atoms with van der Waals surface area (Å²) in [7, 11) is 0. The fraction of sp³-hybridized carbons (Fsp3) is 0.306. The third-order valence-corrected chi connectivity index (χ3v) is 9.25. The highest BCUT2D eigenvalue weighted by Gasteiger charge is 2.40. The lowest BCUT2D eigenvalue weighted by Gasteiger charge is -2.34. The Morgan fingerprint density at radius 2 is 1.70 bits per heavy atom. The number of hydrogen-bond acceptors (Lipinski definition) is 5. The minimum absolute atomic E-state index is 0.00847. The van der Waals surface area contributed by atoms with Gasteiger partial charge in [-0.1, -0.05) is 23.7 Å². The van der Waals surface area contributed by atoms with Crippen LogP contribution in [-0.2, 0) is 28.4 Å². The zero-order valence-corrected chi connectivity index (χ0v) is 28.2. The van der Waals surface area contributed by atoms with Crippen molar-refractivity contribution < 1.29 is 54.6 Å². The summed E-state index contributed by atoms with van der Waals surface area (Å²) < 4.78 is 122. The van der Waals surface area contributed by atoms with Crippen LogP contribution in [0.3, 0.4) is 0 Å². The minimum Gasteiger partial charge on any atom is -0.481 e. The number of rotatable bonds is 6. The molecule has 2 atom stereocenters. The summed E-state index contributed by atoms with van der Waals surface area (Å²) in [5, 5.41) is 12.1. The van der Waals surface area contributed by atoms with Crippen LogP contribution in [0.2, 0.25) is 5.02 Å². The second kappa shape index (κ2) is 14.1. The van der Waals surface area contributed by atoms with Gasteiger partial charge in [-0.05, 0) is 65.9 Å². The van der Waals surface area contributed by atoms with Crippen LogP contribution < -0.4 is 15.6 Å². The van der Waals surface area contributed by atoms with E-state index < -0.39 is 82.5 Å². The maximum Gasteiger partial charge on any atom is 0.419 e. The molecule has 1 fully saturated rings. The van der Waals surface area contributed by atoms with Crippen molar-refractivity contribution in [3.8, 4) is 22.6 Å². The van der Waals surface area contributed by atoms with Crippen LogP contribution >= 0.6 is 11.6 Å². The number of amides is 1. The zero-order valence-electron chi connectivity index (χ0n) is 27.4. The molecule has 1 amide bonds. The number of nitrogens with zero attached hydrogens (tertiary/aromatic N) is 2. The molecule has 17 heteroatoms. The Balaban J connectivity index is 1.60. The van der Waals surface area contributed by atoms with Crippen molar-refractivity contribution in [1.82, 2.24) is 14.8 Å². The highest BCUT2D eigenvalue weighted by Crippen LogP contribution is 2.44. The van der Waals surface area contributed by atoms with Crippen molar-refractivity contribution >= 4 is 23.5 Å². The van der Waals surface area contributed by atoms with Crippen LogP contribution in [0.4, 0.5) is 35.1 Å². The number of aliphatic carboxylic acids is 1. The molecule has 2 aliphatic heterocycles. The van der Waals surface area contributed by atoms with E-state index in [0.717, 1.165) is 12.3 Å². The van der Waals surface area contributed by atoms with Gasteiger partial charge in [-0.25, -0.2) is 8.78 Å². The summed E-state index contributed by atoms with van der Waals surface area (Å²) >= 11 is 6.30. The average molecular weight is 770 g/mol. The Labute approximate surface area is 300 Å². The topological polar surface area (TPSA) is 101 Å². The Bertz CT molecular complexity index is 2160. The van der Waals surface area contributed by atoms with Crippen molar-refractivity contribution in [2.75, 3.05) is 19.6 Å². The zero-order chi connectivity index (χ0) is 38.6. The number of carbonyl (C=O) groups excluding carboxylic acids is 1. The Morgan fingerprint density at radius 3 is 2.34 bits per heavy atom. The third-order valence-electron chi connectivity index (χ3n) is 9.04. The van der Waals surface area contributed by atoms with E-state index in [1.807, 2.05) is 0 Å². The van der Waals surface area contributed by atoms with Crippen molar-refractivity contribution in [2.24, 2.45) is 0 Å². The maximum absolute atomic E-state index is 15.9. The van der Waals surface area contributed by atoms with E-state index in [2.05, 4.69) is 5.32 Å². The molecule has 1 aromatic heterocycles. The first kappa shape index (κ1) is 37.8. The maximum atomic E-state index is 15.9. The highest BCUT2D eigenvalue weighted by atomic mass is 35.5. The molecule has 0 saturated carbocycles. The number of carbonyl (C=O) groups is 2. The molecular weight excluding hydrogens is 742 g/mol. The number of aryl methyl sites for hydroxylation is 1. The second-order valence-electron chi connectivity index (χ2n) is 12.8. The van der Waals surface area contributed by atoms with E-state index in [1.54, 1.807) is 4.90 Å².